The first-order valence-electron chi connectivity index (χ1n) is 6.51. The molecule has 3 saturated carbocycles. The molecule has 7 atom stereocenters. The van der Waals surface area contributed by atoms with Gasteiger partial charge in [-0.15, -0.1) is 0 Å². The van der Waals surface area contributed by atoms with Gasteiger partial charge in [0.25, 0.3) is 11.6 Å². The van der Waals surface area contributed by atoms with Crippen molar-refractivity contribution < 1.29 is 26.3 Å². The number of allylic oxidation sites excluding steroid dienone is 2. The molecule has 0 spiro atoms. The maximum absolute atomic E-state index is 14.4. The van der Waals surface area contributed by atoms with Crippen LogP contribution in [0.1, 0.15) is 12.8 Å². The van der Waals surface area contributed by atoms with Crippen molar-refractivity contribution in [3.8, 4) is 0 Å². The number of alkyl halides is 6. The van der Waals surface area contributed by atoms with Crippen LogP contribution in [0.15, 0.2) is 12.2 Å². The van der Waals surface area contributed by atoms with Crippen LogP contribution in [0.3, 0.4) is 0 Å². The Morgan fingerprint density at radius 1 is 0.842 bits per heavy atom. The lowest BCUT2D eigenvalue weighted by molar-refractivity contribution is -0.329. The fourth-order valence-electron chi connectivity index (χ4n) is 5.35. The van der Waals surface area contributed by atoms with Crippen LogP contribution >= 0.6 is 0 Å². The summed E-state index contributed by atoms with van der Waals surface area (Å²) in [7, 11) is 0. The predicted octanol–water partition coefficient (Wildman–Crippen LogP) is 3.98. The molecule has 6 heteroatoms. The highest BCUT2D eigenvalue weighted by Crippen LogP contribution is 2.75. The maximum atomic E-state index is 14.4. The Morgan fingerprint density at radius 3 is 1.89 bits per heavy atom. The summed E-state index contributed by atoms with van der Waals surface area (Å²) in [6, 6.07) is 0. The number of halogens is 6. The summed E-state index contributed by atoms with van der Waals surface area (Å²) in [5.74, 6) is -8.53. The van der Waals surface area contributed by atoms with Crippen molar-refractivity contribution in [3.05, 3.63) is 12.2 Å². The third-order valence-corrected chi connectivity index (χ3v) is 5.89. The summed E-state index contributed by atoms with van der Waals surface area (Å²) in [5, 5.41) is 0. The Morgan fingerprint density at radius 2 is 1.37 bits per heavy atom. The highest BCUT2D eigenvalue weighted by Gasteiger charge is 2.87. The van der Waals surface area contributed by atoms with Crippen LogP contribution in [0.25, 0.3) is 0 Å². The van der Waals surface area contributed by atoms with Crippen LogP contribution in [-0.4, -0.2) is 17.8 Å². The highest BCUT2D eigenvalue weighted by molar-refractivity contribution is 5.29. The SMILES string of the molecule is FC(F)(F)C1(F)C2CC(C3C4C=CC(C4)C32)C1(F)F. The second kappa shape index (κ2) is 2.98. The molecule has 4 aliphatic rings. The van der Waals surface area contributed by atoms with Crippen LogP contribution in [0.2, 0.25) is 0 Å². The number of fused-ring (bicyclic) bond motifs is 9. The molecule has 0 aliphatic heterocycles. The first-order valence-corrected chi connectivity index (χ1v) is 6.51. The van der Waals surface area contributed by atoms with Crippen LogP contribution in [0.5, 0.6) is 0 Å². The minimum atomic E-state index is -5.49. The molecular weight excluding hydrogens is 270 g/mol. The maximum Gasteiger partial charge on any atom is 0.428 e. The van der Waals surface area contributed by atoms with Crippen molar-refractivity contribution in [1.29, 1.82) is 0 Å². The fraction of sp³-hybridized carbons (Fsp3) is 0.846. The summed E-state index contributed by atoms with van der Waals surface area (Å²) < 4.78 is 81.2. The smallest absolute Gasteiger partial charge is 0.227 e. The van der Waals surface area contributed by atoms with Crippen molar-refractivity contribution in [2.45, 2.75) is 30.6 Å². The molecule has 7 unspecified atom stereocenters. The molecule has 4 aliphatic carbocycles. The van der Waals surface area contributed by atoms with Gasteiger partial charge in [-0.05, 0) is 36.5 Å². The van der Waals surface area contributed by atoms with Gasteiger partial charge in [-0.3, -0.25) is 0 Å². The molecule has 0 nitrogen and oxygen atoms in total. The van der Waals surface area contributed by atoms with Gasteiger partial charge in [0.15, 0.2) is 0 Å². The Hall–Kier alpha value is -0.680. The second-order valence-corrected chi connectivity index (χ2v) is 6.38. The Balaban J connectivity index is 1.84. The van der Waals surface area contributed by atoms with E-state index in [1.54, 1.807) is 6.08 Å². The van der Waals surface area contributed by atoms with Gasteiger partial charge in [-0.25, -0.2) is 13.2 Å². The molecule has 3 fully saturated rings. The van der Waals surface area contributed by atoms with Gasteiger partial charge in [0.1, 0.15) is 0 Å². The van der Waals surface area contributed by atoms with E-state index >= 15 is 0 Å². The summed E-state index contributed by atoms with van der Waals surface area (Å²) in [5.41, 5.74) is -4.33. The minimum absolute atomic E-state index is 0.0753. The molecule has 0 saturated heterocycles. The van der Waals surface area contributed by atoms with Crippen molar-refractivity contribution in [3.63, 3.8) is 0 Å². The minimum Gasteiger partial charge on any atom is -0.227 e. The normalized spacial score (nSPS) is 56.9. The zero-order valence-corrected chi connectivity index (χ0v) is 9.80. The predicted molar refractivity (Wildman–Crippen MR) is 54.2 cm³/mol. The summed E-state index contributed by atoms with van der Waals surface area (Å²) in [4.78, 5) is 0. The van der Waals surface area contributed by atoms with Gasteiger partial charge in [0.05, 0.1) is 0 Å². The van der Waals surface area contributed by atoms with Crippen LogP contribution in [-0.2, 0) is 0 Å². The second-order valence-electron chi connectivity index (χ2n) is 6.38. The fourth-order valence-corrected chi connectivity index (χ4v) is 5.35. The van der Waals surface area contributed by atoms with E-state index in [0.717, 1.165) is 0 Å². The van der Waals surface area contributed by atoms with E-state index in [1.807, 2.05) is 6.08 Å². The van der Waals surface area contributed by atoms with Gasteiger partial charge in [0.2, 0.25) is 0 Å². The molecule has 0 radical (unpaired) electrons. The van der Waals surface area contributed by atoms with Crippen molar-refractivity contribution in [1.82, 2.24) is 0 Å². The molecule has 106 valence electrons. The average molecular weight is 282 g/mol. The Bertz CT molecular complexity index is 466. The molecule has 0 heterocycles. The topological polar surface area (TPSA) is 0 Å². The van der Waals surface area contributed by atoms with Crippen molar-refractivity contribution >= 4 is 0 Å². The van der Waals surface area contributed by atoms with E-state index < -0.39 is 41.4 Å². The van der Waals surface area contributed by atoms with Gasteiger partial charge >= 0.3 is 6.18 Å². The molecule has 0 aromatic carbocycles. The van der Waals surface area contributed by atoms with E-state index in [2.05, 4.69) is 0 Å². The lowest BCUT2D eigenvalue weighted by Gasteiger charge is -2.45. The number of hydrogen-bond donors (Lipinski definition) is 0. The third-order valence-electron chi connectivity index (χ3n) is 5.89. The van der Waals surface area contributed by atoms with Crippen molar-refractivity contribution in [2.75, 3.05) is 0 Å². The van der Waals surface area contributed by atoms with Gasteiger partial charge in [0, 0.05) is 11.8 Å². The van der Waals surface area contributed by atoms with E-state index in [9.17, 15) is 26.3 Å². The summed E-state index contributed by atoms with van der Waals surface area (Å²) in [6.45, 7) is 0. The molecule has 19 heavy (non-hydrogen) atoms. The van der Waals surface area contributed by atoms with Gasteiger partial charge in [-0.2, -0.15) is 13.2 Å². The van der Waals surface area contributed by atoms with E-state index in [4.69, 9.17) is 0 Å². The monoisotopic (exact) mass is 282 g/mol. The highest BCUT2D eigenvalue weighted by atomic mass is 19.4. The number of rotatable bonds is 0. The van der Waals surface area contributed by atoms with Crippen LogP contribution < -0.4 is 0 Å². The van der Waals surface area contributed by atoms with Crippen LogP contribution in [0, 0.1) is 35.5 Å². The van der Waals surface area contributed by atoms with Gasteiger partial charge < -0.3 is 0 Å². The molecule has 0 amide bonds. The molecule has 0 N–H and O–H groups in total. The lowest BCUT2D eigenvalue weighted by atomic mass is 9.66. The van der Waals surface area contributed by atoms with E-state index in [1.165, 1.54) is 0 Å². The lowest BCUT2D eigenvalue weighted by Crippen LogP contribution is -2.63. The molecule has 0 aromatic heterocycles. The van der Waals surface area contributed by atoms with E-state index in [-0.39, 0.29) is 18.3 Å². The Kier molecular flexibility index (Phi) is 1.90. The first kappa shape index (κ1) is 12.1. The number of hydrogen-bond acceptors (Lipinski definition) is 0. The summed E-state index contributed by atoms with van der Waals surface area (Å²) >= 11 is 0. The van der Waals surface area contributed by atoms with Gasteiger partial charge in [-0.1, -0.05) is 12.2 Å². The molecular formula is C13H12F6. The average Bonchev–Trinajstić information content (AvgIpc) is 2.98. The van der Waals surface area contributed by atoms with E-state index in [0.29, 0.717) is 6.42 Å². The molecule has 0 aromatic rings. The zero-order chi connectivity index (χ0) is 13.8. The summed E-state index contributed by atoms with van der Waals surface area (Å²) in [6.07, 6.45) is -1.58. The third kappa shape index (κ3) is 1.05. The quantitative estimate of drug-likeness (QED) is 0.358. The zero-order valence-electron chi connectivity index (χ0n) is 9.80. The molecule has 4 bridgehead atoms. The molecule has 4 rings (SSSR count). The Labute approximate surface area is 105 Å². The van der Waals surface area contributed by atoms with Crippen molar-refractivity contribution in [2.24, 2.45) is 35.5 Å². The van der Waals surface area contributed by atoms with Crippen LogP contribution in [0.4, 0.5) is 26.3 Å². The largest absolute Gasteiger partial charge is 0.428 e. The standard InChI is InChI=1S/C13H12F6/c14-11(13(17,18)19)7-4-8(12(11,15)16)10-6-2-1-5(3-6)9(7)10/h1-2,5-10H,3-4H2. The first-order chi connectivity index (χ1) is 8.69.